The standard InChI is InChI=1S/C10H21N3O2/c1-2-11-10(15)13(6-7-14)8-9-4-3-5-12-9/h9,12,14H,2-8H2,1H3,(H,11,15). The molecule has 0 aromatic rings. The van der Waals surface area contributed by atoms with E-state index in [-0.39, 0.29) is 12.6 Å². The molecule has 0 aliphatic carbocycles. The maximum Gasteiger partial charge on any atom is 0.317 e. The highest BCUT2D eigenvalue weighted by atomic mass is 16.3. The summed E-state index contributed by atoms with van der Waals surface area (Å²) >= 11 is 0. The lowest BCUT2D eigenvalue weighted by Gasteiger charge is -2.25. The first-order valence-electron chi connectivity index (χ1n) is 5.65. The normalized spacial score (nSPS) is 20.3. The number of hydrogen-bond acceptors (Lipinski definition) is 3. The molecule has 5 nitrogen and oxygen atoms in total. The summed E-state index contributed by atoms with van der Waals surface area (Å²) in [7, 11) is 0. The molecule has 0 spiro atoms. The third-order valence-electron chi connectivity index (χ3n) is 2.59. The number of amides is 2. The highest BCUT2D eigenvalue weighted by Crippen LogP contribution is 2.06. The van der Waals surface area contributed by atoms with Gasteiger partial charge >= 0.3 is 6.03 Å². The van der Waals surface area contributed by atoms with Gasteiger partial charge in [-0.25, -0.2) is 4.79 Å². The molecule has 1 rings (SSSR count). The second-order valence-electron chi connectivity index (χ2n) is 3.80. The van der Waals surface area contributed by atoms with Gasteiger partial charge in [0.25, 0.3) is 0 Å². The lowest BCUT2D eigenvalue weighted by atomic mass is 10.2. The van der Waals surface area contributed by atoms with Crippen molar-refractivity contribution in [2.24, 2.45) is 0 Å². The summed E-state index contributed by atoms with van der Waals surface area (Å²) < 4.78 is 0. The van der Waals surface area contributed by atoms with Gasteiger partial charge in [0.05, 0.1) is 6.61 Å². The van der Waals surface area contributed by atoms with Crippen molar-refractivity contribution < 1.29 is 9.90 Å². The van der Waals surface area contributed by atoms with Crippen molar-refractivity contribution >= 4 is 6.03 Å². The van der Waals surface area contributed by atoms with E-state index in [2.05, 4.69) is 10.6 Å². The molecule has 1 unspecified atom stereocenters. The zero-order valence-electron chi connectivity index (χ0n) is 9.33. The third kappa shape index (κ3) is 4.05. The van der Waals surface area contributed by atoms with Crippen LogP contribution in [0, 0.1) is 0 Å². The minimum absolute atomic E-state index is 0.0177. The number of nitrogens with one attached hydrogen (secondary N) is 2. The van der Waals surface area contributed by atoms with E-state index in [4.69, 9.17) is 5.11 Å². The van der Waals surface area contributed by atoms with Crippen molar-refractivity contribution in [2.45, 2.75) is 25.8 Å². The van der Waals surface area contributed by atoms with Crippen LogP contribution in [0.15, 0.2) is 0 Å². The number of carbonyl (C=O) groups excluding carboxylic acids is 1. The molecule has 5 heteroatoms. The van der Waals surface area contributed by atoms with E-state index in [1.165, 1.54) is 6.42 Å². The van der Waals surface area contributed by atoms with Gasteiger partial charge in [0.1, 0.15) is 0 Å². The predicted molar refractivity (Wildman–Crippen MR) is 58.8 cm³/mol. The molecule has 2 amide bonds. The van der Waals surface area contributed by atoms with Crippen LogP contribution in [0.3, 0.4) is 0 Å². The van der Waals surface area contributed by atoms with E-state index in [0.29, 0.717) is 25.7 Å². The summed E-state index contributed by atoms with van der Waals surface area (Å²) in [6.07, 6.45) is 2.29. The van der Waals surface area contributed by atoms with Crippen LogP contribution < -0.4 is 10.6 Å². The first-order chi connectivity index (χ1) is 7.27. The SMILES string of the molecule is CCNC(=O)N(CCO)CC1CCCN1. The lowest BCUT2D eigenvalue weighted by molar-refractivity contribution is 0.172. The first-order valence-corrected chi connectivity index (χ1v) is 5.65. The van der Waals surface area contributed by atoms with E-state index in [1.54, 1.807) is 4.90 Å². The van der Waals surface area contributed by atoms with E-state index in [9.17, 15) is 4.79 Å². The van der Waals surface area contributed by atoms with Crippen molar-refractivity contribution in [1.29, 1.82) is 0 Å². The molecule has 0 aromatic heterocycles. The van der Waals surface area contributed by atoms with Gasteiger partial charge in [-0.2, -0.15) is 0 Å². The van der Waals surface area contributed by atoms with Crippen molar-refractivity contribution in [2.75, 3.05) is 32.8 Å². The van der Waals surface area contributed by atoms with E-state index in [1.807, 2.05) is 6.92 Å². The lowest BCUT2D eigenvalue weighted by Crippen LogP contribution is -2.47. The Bertz CT molecular complexity index is 193. The Hall–Kier alpha value is -0.810. The topological polar surface area (TPSA) is 64.6 Å². The van der Waals surface area contributed by atoms with E-state index < -0.39 is 0 Å². The average molecular weight is 215 g/mol. The van der Waals surface area contributed by atoms with Gasteiger partial charge in [0.15, 0.2) is 0 Å². The quantitative estimate of drug-likeness (QED) is 0.593. The summed E-state index contributed by atoms with van der Waals surface area (Å²) in [5.41, 5.74) is 0. The summed E-state index contributed by atoms with van der Waals surface area (Å²) in [6.45, 7) is 4.66. The molecule has 0 bridgehead atoms. The highest BCUT2D eigenvalue weighted by molar-refractivity contribution is 5.74. The Morgan fingerprint density at radius 2 is 2.47 bits per heavy atom. The monoisotopic (exact) mass is 215 g/mol. The van der Waals surface area contributed by atoms with Gasteiger partial charge in [0.2, 0.25) is 0 Å². The Morgan fingerprint density at radius 1 is 1.67 bits per heavy atom. The smallest absolute Gasteiger partial charge is 0.317 e. The van der Waals surface area contributed by atoms with Crippen molar-refractivity contribution in [3.8, 4) is 0 Å². The number of aliphatic hydroxyl groups is 1. The minimum atomic E-state index is -0.0831. The van der Waals surface area contributed by atoms with Crippen LogP contribution in [-0.4, -0.2) is 54.9 Å². The molecule has 88 valence electrons. The molecule has 3 N–H and O–H groups in total. The van der Waals surface area contributed by atoms with Gasteiger partial charge in [-0.15, -0.1) is 0 Å². The van der Waals surface area contributed by atoms with Crippen LogP contribution in [0.1, 0.15) is 19.8 Å². The Kier molecular flexibility index (Phi) is 5.42. The van der Waals surface area contributed by atoms with Gasteiger partial charge in [-0.05, 0) is 26.3 Å². The molecule has 0 saturated carbocycles. The van der Waals surface area contributed by atoms with Crippen LogP contribution >= 0.6 is 0 Å². The van der Waals surface area contributed by atoms with Crippen LogP contribution in [0.2, 0.25) is 0 Å². The molecule has 1 saturated heterocycles. The van der Waals surface area contributed by atoms with Gasteiger partial charge in [-0.3, -0.25) is 0 Å². The summed E-state index contributed by atoms with van der Waals surface area (Å²) in [4.78, 5) is 13.3. The summed E-state index contributed by atoms with van der Waals surface area (Å²) in [5.74, 6) is 0. The average Bonchev–Trinajstić information content (AvgIpc) is 2.70. The molecule has 1 fully saturated rings. The minimum Gasteiger partial charge on any atom is -0.395 e. The van der Waals surface area contributed by atoms with Crippen molar-refractivity contribution in [3.05, 3.63) is 0 Å². The van der Waals surface area contributed by atoms with Crippen LogP contribution in [0.4, 0.5) is 4.79 Å². The maximum atomic E-state index is 11.6. The van der Waals surface area contributed by atoms with Gasteiger partial charge in [0, 0.05) is 25.7 Å². The Labute approximate surface area is 90.8 Å². The van der Waals surface area contributed by atoms with Gasteiger partial charge in [-0.1, -0.05) is 0 Å². The number of nitrogens with zero attached hydrogens (tertiary/aromatic N) is 1. The van der Waals surface area contributed by atoms with E-state index >= 15 is 0 Å². The third-order valence-corrected chi connectivity index (χ3v) is 2.59. The molecule has 1 heterocycles. The maximum absolute atomic E-state index is 11.6. The summed E-state index contributed by atoms with van der Waals surface area (Å²) in [6, 6.07) is 0.305. The second kappa shape index (κ2) is 6.63. The van der Waals surface area contributed by atoms with Crippen molar-refractivity contribution in [1.82, 2.24) is 15.5 Å². The predicted octanol–water partition coefficient (Wildman–Crippen LogP) is -0.238. The number of rotatable bonds is 5. The molecular weight excluding hydrogens is 194 g/mol. The van der Waals surface area contributed by atoms with Gasteiger partial charge < -0.3 is 20.6 Å². The Morgan fingerprint density at radius 3 is 3.00 bits per heavy atom. The van der Waals surface area contributed by atoms with E-state index in [0.717, 1.165) is 13.0 Å². The van der Waals surface area contributed by atoms with Crippen LogP contribution in [0.25, 0.3) is 0 Å². The zero-order valence-corrected chi connectivity index (χ0v) is 9.33. The molecule has 0 radical (unpaired) electrons. The molecule has 1 aliphatic heterocycles. The molecular formula is C10H21N3O2. The number of aliphatic hydroxyl groups excluding tert-OH is 1. The van der Waals surface area contributed by atoms with Crippen molar-refractivity contribution in [3.63, 3.8) is 0 Å². The number of urea groups is 1. The fourth-order valence-electron chi connectivity index (χ4n) is 1.84. The molecule has 15 heavy (non-hydrogen) atoms. The molecule has 0 aromatic carbocycles. The van der Waals surface area contributed by atoms with Crippen LogP contribution in [-0.2, 0) is 0 Å². The molecule has 1 aliphatic rings. The summed E-state index contributed by atoms with van der Waals surface area (Å²) in [5, 5.41) is 15.0. The second-order valence-corrected chi connectivity index (χ2v) is 3.80. The molecule has 1 atom stereocenters. The number of hydrogen-bond donors (Lipinski definition) is 3. The van der Waals surface area contributed by atoms with Crippen LogP contribution in [0.5, 0.6) is 0 Å². The first kappa shape index (κ1) is 12.3. The highest BCUT2D eigenvalue weighted by Gasteiger charge is 2.20. The fraction of sp³-hybridized carbons (Fsp3) is 0.900. The fourth-order valence-corrected chi connectivity index (χ4v) is 1.84. The Balaban J connectivity index is 2.37. The number of carbonyl (C=O) groups is 1. The zero-order chi connectivity index (χ0) is 11.1. The largest absolute Gasteiger partial charge is 0.395 e.